The highest BCUT2D eigenvalue weighted by Gasteiger charge is 2.32. The predicted molar refractivity (Wildman–Crippen MR) is 81.3 cm³/mol. The zero-order chi connectivity index (χ0) is 16.6. The van der Waals surface area contributed by atoms with E-state index in [-0.39, 0.29) is 12.3 Å². The molecule has 0 radical (unpaired) electrons. The molecule has 0 aromatic heterocycles. The van der Waals surface area contributed by atoms with Gasteiger partial charge in [0, 0.05) is 23.9 Å². The zero-order valence-corrected chi connectivity index (χ0v) is 12.5. The molecular weight excluding hydrogens is 324 g/mol. The number of benzene rings is 1. The highest BCUT2D eigenvalue weighted by atomic mass is 32.2. The Morgan fingerprint density at radius 1 is 1.35 bits per heavy atom. The summed E-state index contributed by atoms with van der Waals surface area (Å²) in [5.41, 5.74) is 1.37. The largest absolute Gasteiger partial charge is 0.494 e. The van der Waals surface area contributed by atoms with Crippen molar-refractivity contribution in [1.82, 2.24) is 4.90 Å². The quantitative estimate of drug-likeness (QED) is 0.511. The second-order valence-corrected chi connectivity index (χ2v) is 6.46. The topological polar surface area (TPSA) is 110 Å². The van der Waals surface area contributed by atoms with Gasteiger partial charge < -0.3 is 9.64 Å². The van der Waals surface area contributed by atoms with Crippen molar-refractivity contribution in [2.24, 2.45) is 0 Å². The summed E-state index contributed by atoms with van der Waals surface area (Å²) in [5, 5.41) is 9.65. The Kier molecular flexibility index (Phi) is 3.66. The van der Waals surface area contributed by atoms with E-state index in [9.17, 15) is 23.1 Å². The van der Waals surface area contributed by atoms with Crippen LogP contribution in [-0.4, -0.2) is 28.2 Å². The first kappa shape index (κ1) is 15.3. The lowest BCUT2D eigenvalue weighted by atomic mass is 10.0. The molecule has 1 N–H and O–H groups in total. The standard InChI is InChI=1S/C14H12N2O6S/c17-16(18)11-5-4-10-8-22-9-13(12(10)7-11)15-6-2-1-3-14(15)23(19,20)21/h1-7,9,14H,8H2,(H,19,20,21). The Bertz CT molecular complexity index is 856. The van der Waals surface area contributed by atoms with Gasteiger partial charge in [-0.3, -0.25) is 14.7 Å². The van der Waals surface area contributed by atoms with Crippen molar-refractivity contribution in [3.63, 3.8) is 0 Å². The van der Waals surface area contributed by atoms with Crippen LogP contribution in [-0.2, 0) is 21.5 Å². The fourth-order valence-corrected chi connectivity index (χ4v) is 3.22. The van der Waals surface area contributed by atoms with Crippen LogP contribution in [0.2, 0.25) is 0 Å². The summed E-state index contributed by atoms with van der Waals surface area (Å²) < 4.78 is 37.9. The van der Waals surface area contributed by atoms with Crippen molar-refractivity contribution in [1.29, 1.82) is 0 Å². The molecule has 0 spiro atoms. The van der Waals surface area contributed by atoms with Gasteiger partial charge in [0.25, 0.3) is 15.8 Å². The summed E-state index contributed by atoms with van der Waals surface area (Å²) in [6.07, 6.45) is 7.18. The molecule has 2 aliphatic heterocycles. The van der Waals surface area contributed by atoms with E-state index in [2.05, 4.69) is 0 Å². The highest BCUT2D eigenvalue weighted by Crippen LogP contribution is 2.34. The third kappa shape index (κ3) is 2.83. The molecule has 0 aliphatic carbocycles. The Balaban J connectivity index is 2.09. The lowest BCUT2D eigenvalue weighted by Crippen LogP contribution is -2.36. The molecule has 1 unspecified atom stereocenters. The molecule has 8 nitrogen and oxygen atoms in total. The van der Waals surface area contributed by atoms with Gasteiger partial charge in [0.05, 0.1) is 10.6 Å². The molecule has 0 saturated carbocycles. The van der Waals surface area contributed by atoms with E-state index < -0.39 is 20.4 Å². The van der Waals surface area contributed by atoms with Gasteiger partial charge in [-0.05, 0) is 23.8 Å². The molecule has 0 amide bonds. The fourth-order valence-electron chi connectivity index (χ4n) is 2.46. The summed E-state index contributed by atoms with van der Waals surface area (Å²) >= 11 is 0. The van der Waals surface area contributed by atoms with E-state index in [4.69, 9.17) is 4.74 Å². The number of hydrogen-bond donors (Lipinski definition) is 1. The number of fused-ring (bicyclic) bond motifs is 1. The highest BCUT2D eigenvalue weighted by molar-refractivity contribution is 7.86. The first-order valence-electron chi connectivity index (χ1n) is 6.57. The van der Waals surface area contributed by atoms with E-state index in [0.717, 1.165) is 0 Å². The Hall–Kier alpha value is -2.65. The second kappa shape index (κ2) is 5.52. The average molecular weight is 336 g/mol. The maximum Gasteiger partial charge on any atom is 0.290 e. The van der Waals surface area contributed by atoms with Crippen molar-refractivity contribution < 1.29 is 22.6 Å². The Morgan fingerprint density at radius 2 is 2.13 bits per heavy atom. The summed E-state index contributed by atoms with van der Waals surface area (Å²) in [6, 6.07) is 4.28. The zero-order valence-electron chi connectivity index (χ0n) is 11.7. The molecule has 23 heavy (non-hydrogen) atoms. The fraction of sp³-hybridized carbons (Fsp3) is 0.143. The van der Waals surface area contributed by atoms with Gasteiger partial charge in [-0.15, -0.1) is 0 Å². The number of nitrogens with zero attached hydrogens (tertiary/aromatic N) is 2. The molecule has 2 aliphatic rings. The van der Waals surface area contributed by atoms with Crippen molar-refractivity contribution in [2.45, 2.75) is 12.0 Å². The van der Waals surface area contributed by atoms with Crippen LogP contribution in [0.5, 0.6) is 0 Å². The number of nitro benzene ring substituents is 1. The summed E-state index contributed by atoms with van der Waals surface area (Å²) in [6.45, 7) is 0.223. The SMILES string of the molecule is O=[N+]([O-])c1ccc2c(c1)C(N1C=CC=CC1S(=O)(=O)O)=COC2. The maximum absolute atomic E-state index is 11.6. The number of nitro groups is 1. The van der Waals surface area contributed by atoms with Crippen LogP contribution in [0.1, 0.15) is 11.1 Å². The van der Waals surface area contributed by atoms with Crippen LogP contribution < -0.4 is 0 Å². The summed E-state index contributed by atoms with van der Waals surface area (Å²) in [5.74, 6) is 0. The second-order valence-electron chi connectivity index (χ2n) is 4.95. The molecule has 1 aromatic carbocycles. The molecule has 0 fully saturated rings. The van der Waals surface area contributed by atoms with E-state index in [1.165, 1.54) is 41.6 Å². The van der Waals surface area contributed by atoms with E-state index in [0.29, 0.717) is 16.8 Å². The van der Waals surface area contributed by atoms with E-state index in [1.807, 2.05) is 0 Å². The molecule has 9 heteroatoms. The van der Waals surface area contributed by atoms with E-state index >= 15 is 0 Å². The monoisotopic (exact) mass is 336 g/mol. The van der Waals surface area contributed by atoms with E-state index in [1.54, 1.807) is 12.1 Å². The molecule has 0 saturated heterocycles. The summed E-state index contributed by atoms with van der Waals surface area (Å²) in [4.78, 5) is 11.7. The van der Waals surface area contributed by atoms with Crippen LogP contribution >= 0.6 is 0 Å². The molecule has 2 heterocycles. The number of non-ortho nitro benzene ring substituents is 1. The van der Waals surface area contributed by atoms with Gasteiger partial charge in [0.2, 0.25) is 0 Å². The minimum absolute atomic E-state index is 0.114. The lowest BCUT2D eigenvalue weighted by molar-refractivity contribution is -0.384. The van der Waals surface area contributed by atoms with Crippen molar-refractivity contribution in [3.8, 4) is 0 Å². The summed E-state index contributed by atoms with van der Waals surface area (Å²) in [7, 11) is -4.40. The van der Waals surface area contributed by atoms with Crippen LogP contribution in [0.4, 0.5) is 5.69 Å². The minimum Gasteiger partial charge on any atom is -0.494 e. The predicted octanol–water partition coefficient (Wildman–Crippen LogP) is 2.02. The first-order valence-corrected chi connectivity index (χ1v) is 8.07. The molecule has 120 valence electrons. The number of allylic oxidation sites excluding steroid dienone is 2. The van der Waals surface area contributed by atoms with Crippen LogP contribution in [0.15, 0.2) is 48.9 Å². The maximum atomic E-state index is 11.6. The van der Waals surface area contributed by atoms with Crippen LogP contribution in [0.25, 0.3) is 5.70 Å². The Labute approximate surface area is 131 Å². The lowest BCUT2D eigenvalue weighted by Gasteiger charge is -2.32. The Morgan fingerprint density at radius 3 is 2.83 bits per heavy atom. The first-order chi connectivity index (χ1) is 10.9. The molecule has 3 rings (SSSR count). The third-order valence-corrected chi connectivity index (χ3v) is 4.50. The van der Waals surface area contributed by atoms with Crippen molar-refractivity contribution in [3.05, 3.63) is 70.1 Å². The number of hydrogen-bond acceptors (Lipinski definition) is 6. The molecule has 1 atom stereocenters. The number of ether oxygens (including phenoxy) is 1. The average Bonchev–Trinajstić information content (AvgIpc) is 2.53. The van der Waals surface area contributed by atoms with Gasteiger partial charge >= 0.3 is 0 Å². The third-order valence-electron chi connectivity index (χ3n) is 3.51. The smallest absolute Gasteiger partial charge is 0.290 e. The molecule has 1 aromatic rings. The van der Waals surface area contributed by atoms with Gasteiger partial charge in [-0.1, -0.05) is 6.08 Å². The van der Waals surface area contributed by atoms with Crippen LogP contribution in [0, 0.1) is 10.1 Å². The van der Waals surface area contributed by atoms with Crippen LogP contribution in [0.3, 0.4) is 0 Å². The van der Waals surface area contributed by atoms with Crippen molar-refractivity contribution >= 4 is 21.5 Å². The molecule has 0 bridgehead atoms. The van der Waals surface area contributed by atoms with Gasteiger partial charge in [0.15, 0.2) is 5.37 Å². The van der Waals surface area contributed by atoms with Crippen molar-refractivity contribution in [2.75, 3.05) is 0 Å². The minimum atomic E-state index is -4.40. The molecular formula is C14H12N2O6S. The van der Waals surface area contributed by atoms with Gasteiger partial charge in [-0.25, -0.2) is 0 Å². The van der Waals surface area contributed by atoms with Gasteiger partial charge in [-0.2, -0.15) is 8.42 Å². The van der Waals surface area contributed by atoms with Gasteiger partial charge in [0.1, 0.15) is 12.9 Å². The normalized spacial score (nSPS) is 19.8. The number of rotatable bonds is 3.